The molecule has 1 atom stereocenters. The van der Waals surface area contributed by atoms with Gasteiger partial charge in [0.1, 0.15) is 18.5 Å². The third-order valence-corrected chi connectivity index (χ3v) is 4.32. The van der Waals surface area contributed by atoms with Crippen molar-refractivity contribution in [1.82, 2.24) is 20.1 Å². The quantitative estimate of drug-likeness (QED) is 0.841. The lowest BCUT2D eigenvalue weighted by atomic mass is 10.1. The van der Waals surface area contributed by atoms with Gasteiger partial charge in [-0.1, -0.05) is 12.1 Å². The van der Waals surface area contributed by atoms with Gasteiger partial charge in [0.05, 0.1) is 5.69 Å². The Balaban J connectivity index is 1.36. The van der Waals surface area contributed by atoms with Gasteiger partial charge in [0.2, 0.25) is 5.91 Å². The van der Waals surface area contributed by atoms with E-state index in [2.05, 4.69) is 20.3 Å². The van der Waals surface area contributed by atoms with Gasteiger partial charge < -0.3 is 10.2 Å². The molecule has 1 fully saturated rings. The van der Waals surface area contributed by atoms with E-state index in [0.29, 0.717) is 31.1 Å². The van der Waals surface area contributed by atoms with Gasteiger partial charge in [-0.3, -0.25) is 9.48 Å². The summed E-state index contributed by atoms with van der Waals surface area (Å²) in [5, 5.41) is 6.99. The van der Waals surface area contributed by atoms with E-state index >= 15 is 0 Å². The summed E-state index contributed by atoms with van der Waals surface area (Å²) in [5.41, 5.74) is 0.652. The molecule has 0 radical (unpaired) electrons. The first-order valence-corrected chi connectivity index (χ1v) is 8.31. The molecule has 1 aromatic heterocycles. The van der Waals surface area contributed by atoms with Crippen LogP contribution in [0.4, 0.5) is 10.1 Å². The summed E-state index contributed by atoms with van der Waals surface area (Å²) in [7, 11) is 0. The molecule has 1 aliphatic heterocycles. The molecule has 0 unspecified atom stereocenters. The normalized spacial score (nSPS) is 17.2. The lowest BCUT2D eigenvalue weighted by Gasteiger charge is -2.19. The Bertz CT molecular complexity index is 661. The van der Waals surface area contributed by atoms with Gasteiger partial charge in [0.25, 0.3) is 0 Å². The second-order valence-corrected chi connectivity index (χ2v) is 6.12. The molecular formula is C17H22FN5O. The molecule has 2 aromatic rings. The van der Waals surface area contributed by atoms with Crippen LogP contribution in [0, 0.1) is 11.7 Å². The van der Waals surface area contributed by atoms with Crippen LogP contribution in [-0.2, 0) is 11.3 Å². The second-order valence-electron chi connectivity index (χ2n) is 6.12. The minimum Gasteiger partial charge on any atom is -0.369 e. The molecular weight excluding hydrogens is 309 g/mol. The number of aromatic nitrogens is 3. The summed E-state index contributed by atoms with van der Waals surface area (Å²) >= 11 is 0. The third kappa shape index (κ3) is 4.31. The van der Waals surface area contributed by atoms with Crippen molar-refractivity contribution in [1.29, 1.82) is 0 Å². The number of nitrogens with zero attached hydrogens (tertiary/aromatic N) is 4. The fourth-order valence-electron chi connectivity index (χ4n) is 3.02. The SMILES string of the molecule is O=C(CCCn1cncn1)NC[C@@H]1CCN(c2ccccc2F)C1. The summed E-state index contributed by atoms with van der Waals surface area (Å²) in [6.07, 6.45) is 5.31. The van der Waals surface area contributed by atoms with Crippen molar-refractivity contribution in [3.8, 4) is 0 Å². The van der Waals surface area contributed by atoms with E-state index in [-0.39, 0.29) is 11.7 Å². The Morgan fingerprint density at radius 1 is 1.38 bits per heavy atom. The van der Waals surface area contributed by atoms with Gasteiger partial charge in [0.15, 0.2) is 0 Å². The standard InChI is InChI=1S/C17H22FN5O/c18-15-4-1-2-5-16(15)22-9-7-14(11-22)10-20-17(24)6-3-8-23-13-19-12-21-23/h1-2,4-5,12-14H,3,6-11H2,(H,20,24)/t14-/m0/s1. The molecule has 6 nitrogen and oxygen atoms in total. The van der Waals surface area contributed by atoms with Crippen molar-refractivity contribution >= 4 is 11.6 Å². The first-order chi connectivity index (χ1) is 11.7. The minimum atomic E-state index is -0.185. The monoisotopic (exact) mass is 331 g/mol. The van der Waals surface area contributed by atoms with E-state index in [1.807, 2.05) is 6.07 Å². The number of carbonyl (C=O) groups is 1. The van der Waals surface area contributed by atoms with Gasteiger partial charge in [-0.05, 0) is 30.9 Å². The highest BCUT2D eigenvalue weighted by atomic mass is 19.1. The highest BCUT2D eigenvalue weighted by Gasteiger charge is 2.24. The molecule has 1 saturated heterocycles. The van der Waals surface area contributed by atoms with Crippen LogP contribution in [0.1, 0.15) is 19.3 Å². The summed E-state index contributed by atoms with van der Waals surface area (Å²) < 4.78 is 15.5. The molecule has 1 aromatic carbocycles. The summed E-state index contributed by atoms with van der Waals surface area (Å²) in [6, 6.07) is 6.84. The number of carbonyl (C=O) groups excluding carboxylic acids is 1. The number of para-hydroxylation sites is 1. The number of amides is 1. The summed E-state index contributed by atoms with van der Waals surface area (Å²) in [6.45, 7) is 2.94. The van der Waals surface area contributed by atoms with Crippen LogP contribution >= 0.6 is 0 Å². The van der Waals surface area contributed by atoms with Crippen molar-refractivity contribution < 1.29 is 9.18 Å². The van der Waals surface area contributed by atoms with Gasteiger partial charge >= 0.3 is 0 Å². The Morgan fingerprint density at radius 3 is 3.04 bits per heavy atom. The maximum atomic E-state index is 13.8. The Hall–Kier alpha value is -2.44. The highest BCUT2D eigenvalue weighted by Crippen LogP contribution is 2.25. The lowest BCUT2D eigenvalue weighted by molar-refractivity contribution is -0.121. The summed E-state index contributed by atoms with van der Waals surface area (Å²) in [4.78, 5) is 17.8. The number of nitrogens with one attached hydrogen (secondary N) is 1. The molecule has 1 N–H and O–H groups in total. The molecule has 2 heterocycles. The van der Waals surface area contributed by atoms with Gasteiger partial charge in [0, 0.05) is 32.6 Å². The number of anilines is 1. The zero-order valence-corrected chi connectivity index (χ0v) is 13.6. The Labute approximate surface area is 140 Å². The third-order valence-electron chi connectivity index (χ3n) is 4.32. The molecule has 3 rings (SSSR count). The highest BCUT2D eigenvalue weighted by molar-refractivity contribution is 5.75. The van der Waals surface area contributed by atoms with Crippen molar-refractivity contribution in [3.05, 3.63) is 42.7 Å². The van der Waals surface area contributed by atoms with E-state index in [1.165, 1.54) is 12.4 Å². The number of rotatable bonds is 7. The maximum Gasteiger partial charge on any atom is 0.220 e. The summed E-state index contributed by atoms with van der Waals surface area (Å²) in [5.74, 6) is 0.235. The van der Waals surface area contributed by atoms with E-state index in [9.17, 15) is 9.18 Å². The van der Waals surface area contributed by atoms with Crippen LogP contribution in [0.2, 0.25) is 0 Å². The largest absolute Gasteiger partial charge is 0.369 e. The van der Waals surface area contributed by atoms with Crippen LogP contribution in [0.3, 0.4) is 0 Å². The van der Waals surface area contributed by atoms with Crippen LogP contribution in [0.15, 0.2) is 36.9 Å². The molecule has 1 amide bonds. The smallest absolute Gasteiger partial charge is 0.220 e. The number of hydrogen-bond acceptors (Lipinski definition) is 4. The molecule has 24 heavy (non-hydrogen) atoms. The van der Waals surface area contributed by atoms with E-state index in [4.69, 9.17) is 0 Å². The van der Waals surface area contributed by atoms with Crippen LogP contribution in [0.25, 0.3) is 0 Å². The predicted octanol–water partition coefficient (Wildman–Crippen LogP) is 1.84. The maximum absolute atomic E-state index is 13.8. The predicted molar refractivity (Wildman–Crippen MR) is 89.0 cm³/mol. The fraction of sp³-hybridized carbons (Fsp3) is 0.471. The number of halogens is 1. The minimum absolute atomic E-state index is 0.0551. The van der Waals surface area contributed by atoms with Crippen molar-refractivity contribution in [3.63, 3.8) is 0 Å². The van der Waals surface area contributed by atoms with Crippen LogP contribution in [-0.4, -0.2) is 40.3 Å². The zero-order valence-electron chi connectivity index (χ0n) is 13.6. The van der Waals surface area contributed by atoms with Gasteiger partial charge in [-0.2, -0.15) is 5.10 Å². The molecule has 0 spiro atoms. The van der Waals surface area contributed by atoms with E-state index < -0.39 is 0 Å². The zero-order chi connectivity index (χ0) is 16.8. The first kappa shape index (κ1) is 16.4. The molecule has 7 heteroatoms. The molecule has 128 valence electrons. The van der Waals surface area contributed by atoms with E-state index in [1.54, 1.807) is 23.1 Å². The van der Waals surface area contributed by atoms with Crippen LogP contribution < -0.4 is 10.2 Å². The second kappa shape index (κ2) is 7.90. The van der Waals surface area contributed by atoms with Crippen molar-refractivity contribution in [2.45, 2.75) is 25.8 Å². The number of benzene rings is 1. The molecule has 0 saturated carbocycles. The van der Waals surface area contributed by atoms with Gasteiger partial charge in [-0.25, -0.2) is 9.37 Å². The van der Waals surface area contributed by atoms with Crippen LogP contribution in [0.5, 0.6) is 0 Å². The van der Waals surface area contributed by atoms with Gasteiger partial charge in [-0.15, -0.1) is 0 Å². The number of hydrogen-bond donors (Lipinski definition) is 1. The fourth-order valence-corrected chi connectivity index (χ4v) is 3.02. The van der Waals surface area contributed by atoms with E-state index in [0.717, 1.165) is 25.9 Å². The molecule has 0 aliphatic carbocycles. The Kier molecular flexibility index (Phi) is 5.40. The first-order valence-electron chi connectivity index (χ1n) is 8.31. The lowest BCUT2D eigenvalue weighted by Crippen LogP contribution is -2.31. The Morgan fingerprint density at radius 2 is 2.25 bits per heavy atom. The molecule has 1 aliphatic rings. The molecule has 0 bridgehead atoms. The van der Waals surface area contributed by atoms with Crippen molar-refractivity contribution in [2.24, 2.45) is 5.92 Å². The topological polar surface area (TPSA) is 63.1 Å². The average Bonchev–Trinajstić information content (AvgIpc) is 3.25. The average molecular weight is 331 g/mol. The number of aryl methyl sites for hydroxylation is 1. The van der Waals surface area contributed by atoms with Crippen molar-refractivity contribution in [2.75, 3.05) is 24.5 Å².